The number of aromatic amines is 1. The summed E-state index contributed by atoms with van der Waals surface area (Å²) < 4.78 is 26.1. The van der Waals surface area contributed by atoms with Crippen LogP contribution in [0.4, 0.5) is 14.5 Å². The molecular weight excluding hydrogens is 238 g/mol. The van der Waals surface area contributed by atoms with E-state index in [1.165, 1.54) is 6.20 Å². The summed E-state index contributed by atoms with van der Waals surface area (Å²) >= 11 is 0. The summed E-state index contributed by atoms with van der Waals surface area (Å²) in [6.07, 6.45) is 3.08. The van der Waals surface area contributed by atoms with Crippen LogP contribution in [0.3, 0.4) is 0 Å². The lowest BCUT2D eigenvalue weighted by Crippen LogP contribution is -1.88. The average Bonchev–Trinajstić information content (AvgIpc) is 2.73. The van der Waals surface area contributed by atoms with Crippen LogP contribution in [0.15, 0.2) is 30.6 Å². The minimum atomic E-state index is -0.925. The molecule has 0 aliphatic heterocycles. The van der Waals surface area contributed by atoms with Gasteiger partial charge in [0, 0.05) is 30.1 Å². The fourth-order valence-electron chi connectivity index (χ4n) is 1.73. The van der Waals surface area contributed by atoms with Gasteiger partial charge in [-0.3, -0.25) is 4.98 Å². The smallest absolute Gasteiger partial charge is 0.161 e. The van der Waals surface area contributed by atoms with Gasteiger partial charge in [-0.05, 0) is 6.07 Å². The second kappa shape index (κ2) is 3.76. The van der Waals surface area contributed by atoms with Gasteiger partial charge in [0.1, 0.15) is 5.82 Å². The number of benzene rings is 1. The van der Waals surface area contributed by atoms with Crippen molar-refractivity contribution < 1.29 is 8.78 Å². The van der Waals surface area contributed by atoms with Crippen LogP contribution >= 0.6 is 0 Å². The highest BCUT2D eigenvalue weighted by Gasteiger charge is 2.10. The van der Waals surface area contributed by atoms with Crippen molar-refractivity contribution in [3.8, 4) is 11.4 Å². The minimum Gasteiger partial charge on any atom is -0.397 e. The summed E-state index contributed by atoms with van der Waals surface area (Å²) in [5.74, 6) is -1.37. The molecular formula is C12H8F2N4. The Morgan fingerprint density at radius 2 is 1.83 bits per heavy atom. The first-order valence-corrected chi connectivity index (χ1v) is 5.19. The number of imidazole rings is 1. The van der Waals surface area contributed by atoms with E-state index in [1.807, 2.05) is 0 Å². The Kier molecular flexibility index (Phi) is 2.22. The number of nitrogen functional groups attached to an aromatic ring is 1. The lowest BCUT2D eigenvalue weighted by molar-refractivity contribution is 0.510. The third-order valence-electron chi connectivity index (χ3n) is 2.56. The van der Waals surface area contributed by atoms with Gasteiger partial charge in [-0.2, -0.15) is 0 Å². The first-order valence-electron chi connectivity index (χ1n) is 5.19. The third kappa shape index (κ3) is 1.67. The van der Waals surface area contributed by atoms with E-state index in [-0.39, 0.29) is 0 Å². The van der Waals surface area contributed by atoms with Gasteiger partial charge >= 0.3 is 0 Å². The molecule has 0 saturated carbocycles. The van der Waals surface area contributed by atoms with Crippen molar-refractivity contribution in [3.05, 3.63) is 42.2 Å². The van der Waals surface area contributed by atoms with Gasteiger partial charge in [-0.25, -0.2) is 13.8 Å². The van der Waals surface area contributed by atoms with Gasteiger partial charge in [-0.15, -0.1) is 0 Å². The summed E-state index contributed by atoms with van der Waals surface area (Å²) in [7, 11) is 0. The molecule has 3 rings (SSSR count). The van der Waals surface area contributed by atoms with Crippen LogP contribution in [-0.4, -0.2) is 15.0 Å². The molecule has 4 nitrogen and oxygen atoms in total. The Morgan fingerprint density at radius 3 is 2.61 bits per heavy atom. The lowest BCUT2D eigenvalue weighted by atomic mass is 10.2. The van der Waals surface area contributed by atoms with Gasteiger partial charge in [-0.1, -0.05) is 0 Å². The number of rotatable bonds is 1. The van der Waals surface area contributed by atoms with Crippen molar-refractivity contribution >= 4 is 16.7 Å². The van der Waals surface area contributed by atoms with Crippen LogP contribution in [-0.2, 0) is 0 Å². The van der Waals surface area contributed by atoms with E-state index < -0.39 is 11.6 Å². The van der Waals surface area contributed by atoms with Crippen molar-refractivity contribution in [2.75, 3.05) is 5.73 Å². The number of aromatic nitrogens is 3. The summed E-state index contributed by atoms with van der Waals surface area (Å²) in [6, 6.07) is 3.79. The zero-order valence-corrected chi connectivity index (χ0v) is 9.11. The maximum absolute atomic E-state index is 13.1. The minimum absolute atomic E-state index is 0.353. The van der Waals surface area contributed by atoms with Crippen LogP contribution in [0.1, 0.15) is 0 Å². The number of nitrogens with one attached hydrogen (secondary N) is 1. The van der Waals surface area contributed by atoms with E-state index in [1.54, 1.807) is 12.3 Å². The van der Waals surface area contributed by atoms with E-state index in [4.69, 9.17) is 5.73 Å². The number of anilines is 1. The Morgan fingerprint density at radius 1 is 1.06 bits per heavy atom. The highest BCUT2D eigenvalue weighted by Crippen LogP contribution is 2.22. The molecule has 18 heavy (non-hydrogen) atoms. The van der Waals surface area contributed by atoms with Gasteiger partial charge in [0.15, 0.2) is 11.6 Å². The van der Waals surface area contributed by atoms with E-state index >= 15 is 0 Å². The zero-order chi connectivity index (χ0) is 12.7. The molecule has 0 amide bonds. The Labute approximate surface area is 100 Å². The number of hydrogen-bond donors (Lipinski definition) is 2. The maximum atomic E-state index is 13.1. The molecule has 0 radical (unpaired) electrons. The van der Waals surface area contributed by atoms with Gasteiger partial charge in [0.2, 0.25) is 0 Å². The molecule has 0 bridgehead atoms. The number of nitrogens with two attached hydrogens (primary N) is 1. The summed E-state index contributed by atoms with van der Waals surface area (Å²) in [5, 5.41) is 0. The van der Waals surface area contributed by atoms with Crippen molar-refractivity contribution in [1.29, 1.82) is 0 Å². The molecule has 2 aromatic heterocycles. The van der Waals surface area contributed by atoms with Crippen molar-refractivity contribution in [3.63, 3.8) is 0 Å². The third-order valence-corrected chi connectivity index (χ3v) is 2.56. The predicted molar refractivity (Wildman–Crippen MR) is 63.7 cm³/mol. The molecule has 0 aliphatic carbocycles. The Hall–Kier alpha value is -2.50. The van der Waals surface area contributed by atoms with E-state index in [0.29, 0.717) is 28.1 Å². The molecule has 0 fully saturated rings. The molecule has 0 spiro atoms. The second-order valence-corrected chi connectivity index (χ2v) is 3.88. The molecule has 0 aliphatic rings. The first kappa shape index (κ1) is 10.6. The van der Waals surface area contributed by atoms with Gasteiger partial charge in [0.05, 0.1) is 16.7 Å². The normalized spacial score (nSPS) is 11.0. The Bertz CT molecular complexity index is 697. The van der Waals surface area contributed by atoms with Crippen LogP contribution in [0.2, 0.25) is 0 Å². The van der Waals surface area contributed by atoms with Crippen molar-refractivity contribution in [2.45, 2.75) is 0 Å². The SMILES string of the molecule is Nc1cncc(-c2nc3cc(F)c(F)cc3[nH]2)c1. The molecule has 0 saturated heterocycles. The number of H-pyrrole nitrogens is 1. The molecule has 0 unspecified atom stereocenters. The molecule has 3 N–H and O–H groups in total. The number of halogens is 2. The summed E-state index contributed by atoms with van der Waals surface area (Å²) in [4.78, 5) is 11.0. The average molecular weight is 246 g/mol. The number of nitrogens with zero attached hydrogens (tertiary/aromatic N) is 2. The zero-order valence-electron chi connectivity index (χ0n) is 9.11. The van der Waals surface area contributed by atoms with E-state index in [9.17, 15) is 8.78 Å². The highest BCUT2D eigenvalue weighted by atomic mass is 19.2. The van der Waals surface area contributed by atoms with Crippen LogP contribution < -0.4 is 5.73 Å². The lowest BCUT2D eigenvalue weighted by Gasteiger charge is -1.96. The number of hydrogen-bond acceptors (Lipinski definition) is 3. The number of fused-ring (bicyclic) bond motifs is 1. The standard InChI is InChI=1S/C12H8F2N4/c13-8-2-10-11(3-9(8)14)18-12(17-10)6-1-7(15)5-16-4-6/h1-5H,15H2,(H,17,18). The van der Waals surface area contributed by atoms with Gasteiger partial charge < -0.3 is 10.7 Å². The highest BCUT2D eigenvalue weighted by molar-refractivity contribution is 5.79. The van der Waals surface area contributed by atoms with Crippen molar-refractivity contribution in [1.82, 2.24) is 15.0 Å². The number of pyridine rings is 1. The van der Waals surface area contributed by atoms with E-state index in [0.717, 1.165) is 12.1 Å². The molecule has 3 aromatic rings. The topological polar surface area (TPSA) is 67.6 Å². The second-order valence-electron chi connectivity index (χ2n) is 3.88. The molecule has 1 aromatic carbocycles. The Balaban J connectivity index is 2.19. The summed E-state index contributed by atoms with van der Waals surface area (Å²) in [6.45, 7) is 0. The fraction of sp³-hybridized carbons (Fsp3) is 0. The van der Waals surface area contributed by atoms with Crippen LogP contribution in [0.25, 0.3) is 22.4 Å². The van der Waals surface area contributed by atoms with Crippen LogP contribution in [0.5, 0.6) is 0 Å². The van der Waals surface area contributed by atoms with Crippen molar-refractivity contribution in [2.24, 2.45) is 0 Å². The van der Waals surface area contributed by atoms with E-state index in [2.05, 4.69) is 15.0 Å². The fourth-order valence-corrected chi connectivity index (χ4v) is 1.73. The molecule has 2 heterocycles. The first-order chi connectivity index (χ1) is 8.63. The predicted octanol–water partition coefficient (Wildman–Crippen LogP) is 2.49. The summed E-state index contributed by atoms with van der Waals surface area (Å²) in [5.41, 5.74) is 7.54. The molecule has 90 valence electrons. The maximum Gasteiger partial charge on any atom is 0.161 e. The van der Waals surface area contributed by atoms with Gasteiger partial charge in [0.25, 0.3) is 0 Å². The quantitative estimate of drug-likeness (QED) is 0.693. The monoisotopic (exact) mass is 246 g/mol. The largest absolute Gasteiger partial charge is 0.397 e. The van der Waals surface area contributed by atoms with Crippen LogP contribution in [0, 0.1) is 11.6 Å². The molecule has 0 atom stereocenters. The molecule has 6 heteroatoms.